The van der Waals surface area contributed by atoms with Crippen molar-refractivity contribution in [3.05, 3.63) is 71.0 Å². The Labute approximate surface area is 194 Å². The van der Waals surface area contributed by atoms with E-state index in [2.05, 4.69) is 10.2 Å². The Hall–Kier alpha value is -3.05. The van der Waals surface area contributed by atoms with Gasteiger partial charge in [-0.05, 0) is 61.4 Å². The summed E-state index contributed by atoms with van der Waals surface area (Å²) in [6.45, 7) is 4.70. The van der Waals surface area contributed by atoms with Crippen LogP contribution in [0.3, 0.4) is 0 Å². The van der Waals surface area contributed by atoms with E-state index in [0.717, 1.165) is 21.5 Å². The third-order valence-electron chi connectivity index (χ3n) is 5.90. The maximum atomic E-state index is 13.6. The zero-order valence-electron chi connectivity index (χ0n) is 18.5. The Morgan fingerprint density at radius 3 is 2.15 bits per heavy atom. The number of sulfonamides is 1. The summed E-state index contributed by atoms with van der Waals surface area (Å²) in [7, 11) is -4.21. The third-order valence-corrected chi connectivity index (χ3v) is 7.79. The molecule has 0 amide bonds. The standard InChI is InChI=1S/C23H22F4N4O2S/c1-15-3-4-17(13-16(15)2)21-7-8-22(29-28-21)30-9-11-31(12-10-30)34(32,33)18-5-6-20(24)19(14-18)23(25,26)27/h3-8,13-14H,9-12H2,1-2H3. The molecule has 180 valence electrons. The van der Waals surface area contributed by atoms with E-state index in [-0.39, 0.29) is 26.2 Å². The van der Waals surface area contributed by atoms with Gasteiger partial charge in [-0.3, -0.25) is 0 Å². The lowest BCUT2D eigenvalue weighted by atomic mass is 10.0. The van der Waals surface area contributed by atoms with Gasteiger partial charge < -0.3 is 4.90 Å². The number of nitrogens with zero attached hydrogens (tertiary/aromatic N) is 4. The van der Waals surface area contributed by atoms with Gasteiger partial charge in [-0.2, -0.15) is 17.5 Å². The van der Waals surface area contributed by atoms with Crippen LogP contribution in [0.4, 0.5) is 23.4 Å². The van der Waals surface area contributed by atoms with Crippen molar-refractivity contribution in [1.29, 1.82) is 0 Å². The third kappa shape index (κ3) is 4.76. The first-order valence-corrected chi connectivity index (χ1v) is 11.9. The first-order chi connectivity index (χ1) is 16.0. The Kier molecular flexibility index (Phi) is 6.34. The fourth-order valence-corrected chi connectivity index (χ4v) is 5.19. The second kappa shape index (κ2) is 8.95. The monoisotopic (exact) mass is 494 g/mol. The van der Waals surface area contributed by atoms with Crippen LogP contribution in [0.15, 0.2) is 53.4 Å². The lowest BCUT2D eigenvalue weighted by molar-refractivity contribution is -0.140. The summed E-state index contributed by atoms with van der Waals surface area (Å²) in [6, 6.07) is 11.4. The van der Waals surface area contributed by atoms with E-state index in [1.165, 1.54) is 5.56 Å². The molecule has 0 saturated carbocycles. The minimum atomic E-state index is -4.99. The molecule has 0 spiro atoms. The number of alkyl halides is 3. The Balaban J connectivity index is 1.46. The highest BCUT2D eigenvalue weighted by Gasteiger charge is 2.37. The zero-order valence-corrected chi connectivity index (χ0v) is 19.3. The van der Waals surface area contributed by atoms with Gasteiger partial charge in [0.15, 0.2) is 5.82 Å². The summed E-state index contributed by atoms with van der Waals surface area (Å²) in [6.07, 6.45) is -4.99. The molecule has 1 aliphatic rings. The molecule has 2 heterocycles. The number of hydrogen-bond donors (Lipinski definition) is 0. The van der Waals surface area contributed by atoms with E-state index >= 15 is 0 Å². The molecule has 0 unspecified atom stereocenters. The lowest BCUT2D eigenvalue weighted by Crippen LogP contribution is -2.49. The van der Waals surface area contributed by atoms with E-state index in [9.17, 15) is 26.0 Å². The fourth-order valence-electron chi connectivity index (χ4n) is 3.74. The maximum Gasteiger partial charge on any atom is 0.419 e. The number of halogens is 4. The van der Waals surface area contributed by atoms with Crippen LogP contribution < -0.4 is 4.90 Å². The molecule has 4 rings (SSSR count). The van der Waals surface area contributed by atoms with Crippen LogP contribution >= 0.6 is 0 Å². The molecule has 1 aliphatic heterocycles. The van der Waals surface area contributed by atoms with Gasteiger partial charge in [0.05, 0.1) is 16.2 Å². The van der Waals surface area contributed by atoms with Gasteiger partial charge >= 0.3 is 6.18 Å². The predicted octanol–water partition coefficient (Wildman–Crippen LogP) is 4.43. The zero-order chi connectivity index (χ0) is 24.7. The van der Waals surface area contributed by atoms with Gasteiger partial charge in [0, 0.05) is 31.7 Å². The normalized spacial score (nSPS) is 15.5. The van der Waals surface area contributed by atoms with Gasteiger partial charge in [-0.1, -0.05) is 12.1 Å². The maximum absolute atomic E-state index is 13.6. The molecular weight excluding hydrogens is 472 g/mol. The number of aromatic nitrogens is 2. The summed E-state index contributed by atoms with van der Waals surface area (Å²) >= 11 is 0. The quantitative estimate of drug-likeness (QED) is 0.502. The largest absolute Gasteiger partial charge is 0.419 e. The van der Waals surface area contributed by atoms with Crippen molar-refractivity contribution in [2.45, 2.75) is 24.9 Å². The fraction of sp³-hybridized carbons (Fsp3) is 0.304. The highest BCUT2D eigenvalue weighted by atomic mass is 32.2. The molecule has 34 heavy (non-hydrogen) atoms. The van der Waals surface area contributed by atoms with E-state index < -0.39 is 32.5 Å². The highest BCUT2D eigenvalue weighted by molar-refractivity contribution is 7.89. The van der Waals surface area contributed by atoms with Crippen molar-refractivity contribution in [3.8, 4) is 11.3 Å². The molecule has 6 nitrogen and oxygen atoms in total. The van der Waals surface area contributed by atoms with Crippen LogP contribution in [0, 0.1) is 19.7 Å². The van der Waals surface area contributed by atoms with E-state index in [4.69, 9.17) is 0 Å². The van der Waals surface area contributed by atoms with Crippen LogP contribution in [0.1, 0.15) is 16.7 Å². The Bertz CT molecular complexity index is 1300. The molecule has 0 N–H and O–H groups in total. The van der Waals surface area contributed by atoms with Crippen LogP contribution in [-0.4, -0.2) is 49.1 Å². The minimum absolute atomic E-state index is 0.0433. The number of benzene rings is 2. The molecule has 1 saturated heterocycles. The van der Waals surface area contributed by atoms with Crippen LogP contribution in [0.2, 0.25) is 0 Å². The van der Waals surface area contributed by atoms with Gasteiger partial charge in [0.1, 0.15) is 5.82 Å². The Morgan fingerprint density at radius 2 is 1.56 bits per heavy atom. The molecule has 0 bridgehead atoms. The van der Waals surface area contributed by atoms with Crippen LogP contribution in [0.25, 0.3) is 11.3 Å². The SMILES string of the molecule is Cc1ccc(-c2ccc(N3CCN(S(=O)(=O)c4ccc(F)c(C(F)(F)F)c4)CC3)nn2)cc1C. The van der Waals surface area contributed by atoms with E-state index in [1.807, 2.05) is 43.0 Å². The molecule has 1 aromatic heterocycles. The number of anilines is 1. The summed E-state index contributed by atoms with van der Waals surface area (Å²) in [4.78, 5) is 1.27. The highest BCUT2D eigenvalue weighted by Crippen LogP contribution is 2.33. The average Bonchev–Trinajstić information content (AvgIpc) is 2.80. The molecule has 0 aliphatic carbocycles. The summed E-state index contributed by atoms with van der Waals surface area (Å²) in [5.74, 6) is -0.940. The average molecular weight is 495 g/mol. The summed E-state index contributed by atoms with van der Waals surface area (Å²) < 4.78 is 79.4. The van der Waals surface area contributed by atoms with Crippen molar-refractivity contribution >= 4 is 15.8 Å². The van der Waals surface area contributed by atoms with Gasteiger partial charge in [0.25, 0.3) is 0 Å². The van der Waals surface area contributed by atoms with Crippen molar-refractivity contribution < 1.29 is 26.0 Å². The molecule has 3 aromatic rings. The molecule has 2 aromatic carbocycles. The van der Waals surface area contributed by atoms with Gasteiger partial charge in [0.2, 0.25) is 10.0 Å². The first kappa shape index (κ1) is 24.1. The predicted molar refractivity (Wildman–Crippen MR) is 119 cm³/mol. The first-order valence-electron chi connectivity index (χ1n) is 10.5. The Morgan fingerprint density at radius 1 is 0.853 bits per heavy atom. The van der Waals surface area contributed by atoms with Crippen LogP contribution in [-0.2, 0) is 16.2 Å². The second-order valence-electron chi connectivity index (χ2n) is 8.11. The van der Waals surface area contributed by atoms with Crippen molar-refractivity contribution in [1.82, 2.24) is 14.5 Å². The van der Waals surface area contributed by atoms with E-state index in [0.29, 0.717) is 23.6 Å². The summed E-state index contributed by atoms with van der Waals surface area (Å²) in [5.41, 5.74) is 2.37. The number of piperazine rings is 1. The molecule has 1 fully saturated rings. The molecular formula is C23H22F4N4O2S. The van der Waals surface area contributed by atoms with E-state index in [1.54, 1.807) is 6.07 Å². The number of rotatable bonds is 4. The molecule has 0 radical (unpaired) electrons. The van der Waals surface area contributed by atoms with Crippen LogP contribution in [0.5, 0.6) is 0 Å². The van der Waals surface area contributed by atoms with Crippen molar-refractivity contribution in [3.63, 3.8) is 0 Å². The number of hydrogen-bond acceptors (Lipinski definition) is 5. The second-order valence-corrected chi connectivity index (χ2v) is 10.0. The minimum Gasteiger partial charge on any atom is -0.352 e. The van der Waals surface area contributed by atoms with Gasteiger partial charge in [-0.15, -0.1) is 10.2 Å². The molecule has 0 atom stereocenters. The van der Waals surface area contributed by atoms with Gasteiger partial charge in [-0.25, -0.2) is 12.8 Å². The summed E-state index contributed by atoms with van der Waals surface area (Å²) in [5, 5.41) is 8.55. The number of aryl methyl sites for hydroxylation is 2. The molecule has 11 heteroatoms. The lowest BCUT2D eigenvalue weighted by Gasteiger charge is -2.34. The smallest absolute Gasteiger partial charge is 0.352 e. The topological polar surface area (TPSA) is 66.4 Å². The van der Waals surface area contributed by atoms with Crippen molar-refractivity contribution in [2.24, 2.45) is 0 Å². The van der Waals surface area contributed by atoms with Crippen molar-refractivity contribution in [2.75, 3.05) is 31.1 Å².